The molecule has 0 aliphatic carbocycles. The molecule has 0 fully saturated rings. The van der Waals surface area contributed by atoms with Gasteiger partial charge in [-0.3, -0.25) is 0 Å². The molecular formula is C17H15NO3. The van der Waals surface area contributed by atoms with E-state index >= 15 is 0 Å². The summed E-state index contributed by atoms with van der Waals surface area (Å²) in [4.78, 5) is 11.3. The molecule has 4 heteroatoms. The lowest BCUT2D eigenvalue weighted by Gasteiger charge is -2.07. The monoisotopic (exact) mass is 281 g/mol. The molecule has 1 aromatic heterocycles. The fourth-order valence-electron chi connectivity index (χ4n) is 2.39. The van der Waals surface area contributed by atoms with Crippen LogP contribution < -0.4 is 5.32 Å². The minimum atomic E-state index is -1.05. The van der Waals surface area contributed by atoms with Crippen molar-refractivity contribution in [1.82, 2.24) is 0 Å². The van der Waals surface area contributed by atoms with Gasteiger partial charge in [0.05, 0.1) is 0 Å². The van der Waals surface area contributed by atoms with E-state index in [0.717, 1.165) is 16.6 Å². The largest absolute Gasteiger partial charge is 0.475 e. The van der Waals surface area contributed by atoms with E-state index in [9.17, 15) is 9.90 Å². The van der Waals surface area contributed by atoms with Gasteiger partial charge >= 0.3 is 5.97 Å². The van der Waals surface area contributed by atoms with Gasteiger partial charge in [0, 0.05) is 23.2 Å². The standard InChI is InChI=1S/C17H15NO3/c1-11-5-4-6-12(9-11)18-10-14-13-7-2-3-8-15(13)21-16(14)17(19)20/h2-9,18H,10H2,1H3,(H,19,20). The average molecular weight is 281 g/mol. The Kier molecular flexibility index (Phi) is 3.36. The number of benzene rings is 2. The summed E-state index contributed by atoms with van der Waals surface area (Å²) in [7, 11) is 0. The van der Waals surface area contributed by atoms with Crippen molar-refractivity contribution < 1.29 is 14.3 Å². The van der Waals surface area contributed by atoms with E-state index in [2.05, 4.69) is 5.32 Å². The summed E-state index contributed by atoms with van der Waals surface area (Å²) in [6.45, 7) is 2.42. The van der Waals surface area contributed by atoms with Crippen LogP contribution in [0, 0.1) is 6.92 Å². The predicted octanol–water partition coefficient (Wildman–Crippen LogP) is 4.05. The fraction of sp³-hybridized carbons (Fsp3) is 0.118. The highest BCUT2D eigenvalue weighted by atomic mass is 16.4. The second-order valence-corrected chi connectivity index (χ2v) is 4.93. The van der Waals surface area contributed by atoms with Crippen molar-refractivity contribution in [3.05, 3.63) is 65.4 Å². The summed E-state index contributed by atoms with van der Waals surface area (Å²) in [5, 5.41) is 13.4. The van der Waals surface area contributed by atoms with Crippen molar-refractivity contribution in [2.45, 2.75) is 13.5 Å². The number of hydrogen-bond acceptors (Lipinski definition) is 3. The number of nitrogens with one attached hydrogen (secondary N) is 1. The van der Waals surface area contributed by atoms with Crippen LogP contribution in [-0.4, -0.2) is 11.1 Å². The number of aryl methyl sites for hydroxylation is 1. The Hall–Kier alpha value is -2.75. The third kappa shape index (κ3) is 2.60. The van der Waals surface area contributed by atoms with Gasteiger partial charge in [-0.1, -0.05) is 30.3 Å². The van der Waals surface area contributed by atoms with Crippen LogP contribution in [0.15, 0.2) is 52.9 Å². The minimum absolute atomic E-state index is 0.00338. The summed E-state index contributed by atoms with van der Waals surface area (Å²) < 4.78 is 5.43. The van der Waals surface area contributed by atoms with E-state index in [1.807, 2.05) is 49.4 Å². The summed E-state index contributed by atoms with van der Waals surface area (Å²) in [5.74, 6) is -1.05. The Bertz CT molecular complexity index is 805. The van der Waals surface area contributed by atoms with Crippen LogP contribution >= 0.6 is 0 Å². The zero-order chi connectivity index (χ0) is 14.8. The first-order valence-corrected chi connectivity index (χ1v) is 6.69. The molecule has 0 radical (unpaired) electrons. The molecule has 0 unspecified atom stereocenters. The van der Waals surface area contributed by atoms with E-state index in [1.165, 1.54) is 0 Å². The van der Waals surface area contributed by atoms with Gasteiger partial charge in [0.15, 0.2) is 0 Å². The first kappa shape index (κ1) is 13.2. The predicted molar refractivity (Wildman–Crippen MR) is 81.7 cm³/mol. The lowest BCUT2D eigenvalue weighted by Crippen LogP contribution is -2.05. The molecule has 106 valence electrons. The Morgan fingerprint density at radius 3 is 2.76 bits per heavy atom. The molecule has 0 amide bonds. The molecule has 0 atom stereocenters. The molecule has 0 bridgehead atoms. The van der Waals surface area contributed by atoms with Crippen molar-refractivity contribution in [3.63, 3.8) is 0 Å². The molecule has 0 spiro atoms. The molecule has 3 aromatic rings. The van der Waals surface area contributed by atoms with Gasteiger partial charge in [-0.2, -0.15) is 0 Å². The Labute approximate surface area is 122 Å². The lowest BCUT2D eigenvalue weighted by molar-refractivity contribution is 0.0663. The van der Waals surface area contributed by atoms with Gasteiger partial charge in [0.25, 0.3) is 0 Å². The molecule has 0 saturated carbocycles. The van der Waals surface area contributed by atoms with Crippen molar-refractivity contribution in [2.24, 2.45) is 0 Å². The van der Waals surface area contributed by atoms with E-state index in [0.29, 0.717) is 17.7 Å². The van der Waals surface area contributed by atoms with Gasteiger partial charge in [0.2, 0.25) is 5.76 Å². The number of hydrogen-bond donors (Lipinski definition) is 2. The number of rotatable bonds is 4. The number of anilines is 1. The van der Waals surface area contributed by atoms with Gasteiger partial charge in [-0.25, -0.2) is 4.79 Å². The summed E-state index contributed by atoms with van der Waals surface area (Å²) in [5.41, 5.74) is 3.36. The molecule has 2 aromatic carbocycles. The molecule has 0 saturated heterocycles. The van der Waals surface area contributed by atoms with Gasteiger partial charge < -0.3 is 14.8 Å². The highest BCUT2D eigenvalue weighted by Crippen LogP contribution is 2.26. The van der Waals surface area contributed by atoms with E-state index in [1.54, 1.807) is 6.07 Å². The number of para-hydroxylation sites is 1. The zero-order valence-corrected chi connectivity index (χ0v) is 11.6. The smallest absolute Gasteiger partial charge is 0.372 e. The molecule has 0 aliphatic rings. The van der Waals surface area contributed by atoms with Crippen LogP contribution in [0.3, 0.4) is 0 Å². The van der Waals surface area contributed by atoms with Crippen LogP contribution in [0.5, 0.6) is 0 Å². The number of carboxylic acids is 1. The fourth-order valence-corrected chi connectivity index (χ4v) is 2.39. The van der Waals surface area contributed by atoms with Crippen molar-refractivity contribution in [3.8, 4) is 0 Å². The van der Waals surface area contributed by atoms with Crippen LogP contribution in [0.4, 0.5) is 5.69 Å². The van der Waals surface area contributed by atoms with Crippen molar-refractivity contribution >= 4 is 22.6 Å². The maximum Gasteiger partial charge on any atom is 0.372 e. The molecule has 3 rings (SSSR count). The van der Waals surface area contributed by atoms with Gasteiger partial charge in [-0.15, -0.1) is 0 Å². The van der Waals surface area contributed by atoms with Crippen LogP contribution in [0.2, 0.25) is 0 Å². The van der Waals surface area contributed by atoms with E-state index < -0.39 is 5.97 Å². The number of fused-ring (bicyclic) bond motifs is 1. The molecule has 0 aliphatic heterocycles. The maximum absolute atomic E-state index is 11.3. The highest BCUT2D eigenvalue weighted by molar-refractivity contribution is 5.95. The zero-order valence-electron chi connectivity index (χ0n) is 11.6. The number of aromatic carboxylic acids is 1. The average Bonchev–Trinajstić information content (AvgIpc) is 2.84. The second-order valence-electron chi connectivity index (χ2n) is 4.93. The third-order valence-corrected chi connectivity index (χ3v) is 3.38. The molecule has 4 nitrogen and oxygen atoms in total. The molecular weight excluding hydrogens is 266 g/mol. The Morgan fingerprint density at radius 1 is 1.19 bits per heavy atom. The SMILES string of the molecule is Cc1cccc(NCc2c(C(=O)O)oc3ccccc23)c1. The second kappa shape index (κ2) is 5.32. The van der Waals surface area contributed by atoms with Crippen LogP contribution in [-0.2, 0) is 6.54 Å². The molecule has 1 heterocycles. The maximum atomic E-state index is 11.3. The first-order valence-electron chi connectivity index (χ1n) is 6.69. The van der Waals surface area contributed by atoms with Crippen LogP contribution in [0.25, 0.3) is 11.0 Å². The van der Waals surface area contributed by atoms with E-state index in [4.69, 9.17) is 4.42 Å². The first-order chi connectivity index (χ1) is 10.1. The van der Waals surface area contributed by atoms with Gasteiger partial charge in [-0.05, 0) is 30.7 Å². The normalized spacial score (nSPS) is 10.7. The molecule has 21 heavy (non-hydrogen) atoms. The van der Waals surface area contributed by atoms with Crippen molar-refractivity contribution in [1.29, 1.82) is 0 Å². The number of carboxylic acid groups (broad SMARTS) is 1. The van der Waals surface area contributed by atoms with Gasteiger partial charge in [0.1, 0.15) is 5.58 Å². The summed E-state index contributed by atoms with van der Waals surface area (Å²) in [6.07, 6.45) is 0. The van der Waals surface area contributed by atoms with Crippen LogP contribution in [0.1, 0.15) is 21.7 Å². The minimum Gasteiger partial charge on any atom is -0.475 e. The number of furan rings is 1. The number of carbonyl (C=O) groups is 1. The third-order valence-electron chi connectivity index (χ3n) is 3.38. The Morgan fingerprint density at radius 2 is 2.00 bits per heavy atom. The molecule has 2 N–H and O–H groups in total. The lowest BCUT2D eigenvalue weighted by atomic mass is 10.1. The Balaban J connectivity index is 1.95. The highest BCUT2D eigenvalue weighted by Gasteiger charge is 2.19. The van der Waals surface area contributed by atoms with Crippen molar-refractivity contribution in [2.75, 3.05) is 5.32 Å². The summed E-state index contributed by atoms with van der Waals surface area (Å²) in [6, 6.07) is 15.3. The quantitative estimate of drug-likeness (QED) is 0.757. The van der Waals surface area contributed by atoms with E-state index in [-0.39, 0.29) is 5.76 Å². The summed E-state index contributed by atoms with van der Waals surface area (Å²) >= 11 is 0. The topological polar surface area (TPSA) is 62.5 Å².